The average molecular weight is 551 g/mol. The van der Waals surface area contributed by atoms with E-state index in [-0.39, 0.29) is 24.3 Å². The molecule has 2 aliphatic heterocycles. The SMILES string of the molecule is COCCCN1CCOc2ccc(COC3CNCCC3c3ccc(OCCOc4ccccc4F)cc3)cc21. The Morgan fingerprint density at radius 2 is 1.85 bits per heavy atom. The monoisotopic (exact) mass is 550 g/mol. The van der Waals surface area contributed by atoms with Crippen molar-refractivity contribution in [1.29, 1.82) is 0 Å². The van der Waals surface area contributed by atoms with Gasteiger partial charge in [0.2, 0.25) is 0 Å². The third-order valence-electron chi connectivity index (χ3n) is 7.40. The van der Waals surface area contributed by atoms with E-state index in [0.717, 1.165) is 68.4 Å². The number of halogens is 1. The number of rotatable bonds is 13. The zero-order chi connectivity index (χ0) is 27.6. The van der Waals surface area contributed by atoms with Gasteiger partial charge in [0.05, 0.1) is 24.9 Å². The van der Waals surface area contributed by atoms with Gasteiger partial charge in [0, 0.05) is 32.7 Å². The number of para-hydroxylation sites is 1. The number of anilines is 1. The molecule has 1 fully saturated rings. The molecule has 0 bridgehead atoms. The van der Waals surface area contributed by atoms with Crippen LogP contribution in [0.5, 0.6) is 17.2 Å². The molecule has 0 radical (unpaired) electrons. The fraction of sp³-hybridized carbons (Fsp3) is 0.438. The number of hydrogen-bond acceptors (Lipinski definition) is 7. The molecule has 7 nitrogen and oxygen atoms in total. The van der Waals surface area contributed by atoms with Gasteiger partial charge in [0.25, 0.3) is 0 Å². The van der Waals surface area contributed by atoms with Gasteiger partial charge in [-0.25, -0.2) is 4.39 Å². The number of methoxy groups -OCH3 is 1. The highest BCUT2D eigenvalue weighted by molar-refractivity contribution is 5.61. The summed E-state index contributed by atoms with van der Waals surface area (Å²) in [5.74, 6) is 1.86. The summed E-state index contributed by atoms with van der Waals surface area (Å²) >= 11 is 0. The van der Waals surface area contributed by atoms with Gasteiger partial charge in [0.15, 0.2) is 11.6 Å². The van der Waals surface area contributed by atoms with Gasteiger partial charge >= 0.3 is 0 Å². The van der Waals surface area contributed by atoms with Gasteiger partial charge < -0.3 is 33.9 Å². The average Bonchev–Trinajstić information content (AvgIpc) is 3.00. The molecule has 0 saturated carbocycles. The number of nitrogens with one attached hydrogen (secondary N) is 1. The van der Waals surface area contributed by atoms with Crippen LogP contribution in [0.25, 0.3) is 0 Å². The quantitative estimate of drug-likeness (QED) is 0.294. The van der Waals surface area contributed by atoms with Crippen LogP contribution in [0.15, 0.2) is 66.7 Å². The van der Waals surface area contributed by atoms with E-state index in [0.29, 0.717) is 25.7 Å². The molecule has 8 heteroatoms. The van der Waals surface area contributed by atoms with Crippen molar-refractivity contribution in [3.05, 3.63) is 83.7 Å². The zero-order valence-corrected chi connectivity index (χ0v) is 23.2. The maximum absolute atomic E-state index is 13.7. The van der Waals surface area contributed by atoms with Gasteiger partial charge in [-0.1, -0.05) is 30.3 Å². The molecule has 0 amide bonds. The first kappa shape index (κ1) is 28.2. The molecular weight excluding hydrogens is 511 g/mol. The van der Waals surface area contributed by atoms with E-state index < -0.39 is 0 Å². The highest BCUT2D eigenvalue weighted by atomic mass is 19.1. The Labute approximate surface area is 236 Å². The lowest BCUT2D eigenvalue weighted by molar-refractivity contribution is 0.0106. The van der Waals surface area contributed by atoms with Crippen LogP contribution in [0.2, 0.25) is 0 Å². The maximum Gasteiger partial charge on any atom is 0.165 e. The largest absolute Gasteiger partial charge is 0.490 e. The summed E-state index contributed by atoms with van der Waals surface area (Å²) in [5.41, 5.74) is 3.52. The van der Waals surface area contributed by atoms with Gasteiger partial charge in [0.1, 0.15) is 31.3 Å². The molecule has 0 aliphatic carbocycles. The number of fused-ring (bicyclic) bond motifs is 1. The summed E-state index contributed by atoms with van der Waals surface area (Å²) in [6.45, 7) is 6.21. The van der Waals surface area contributed by atoms with Crippen LogP contribution in [0.1, 0.15) is 29.9 Å². The van der Waals surface area contributed by atoms with Crippen molar-refractivity contribution in [2.75, 3.05) is 64.6 Å². The minimum absolute atomic E-state index is 0.0692. The van der Waals surface area contributed by atoms with E-state index in [2.05, 4.69) is 40.5 Å². The Kier molecular flexibility index (Phi) is 10.1. The Bertz CT molecular complexity index is 1210. The van der Waals surface area contributed by atoms with Crippen LogP contribution in [-0.4, -0.2) is 65.8 Å². The molecule has 5 rings (SSSR count). The second-order valence-electron chi connectivity index (χ2n) is 10.1. The second-order valence-corrected chi connectivity index (χ2v) is 10.1. The van der Waals surface area contributed by atoms with Crippen molar-refractivity contribution >= 4 is 5.69 Å². The lowest BCUT2D eigenvalue weighted by atomic mass is 9.87. The summed E-state index contributed by atoms with van der Waals surface area (Å²) in [4.78, 5) is 2.38. The van der Waals surface area contributed by atoms with Crippen LogP contribution >= 0.6 is 0 Å². The second kappa shape index (κ2) is 14.3. The number of nitrogens with zero attached hydrogens (tertiary/aromatic N) is 1. The van der Waals surface area contributed by atoms with Crippen LogP contribution in [0, 0.1) is 5.82 Å². The van der Waals surface area contributed by atoms with Crippen LogP contribution in [0.4, 0.5) is 10.1 Å². The standard InChI is InChI=1S/C32H39FN2O5/c1-36-17-4-15-35-16-18-38-31-12-7-24(21-29(31)35)23-40-32-22-34-14-13-27(32)25-8-10-26(11-9-25)37-19-20-39-30-6-3-2-5-28(30)33/h2-3,5-12,21,27,32,34H,4,13-20,22-23H2,1H3. The van der Waals surface area contributed by atoms with Crippen molar-refractivity contribution in [2.45, 2.75) is 31.5 Å². The molecule has 1 N–H and O–H groups in total. The summed E-state index contributed by atoms with van der Waals surface area (Å²) in [6, 6.07) is 21.0. The molecule has 3 aromatic carbocycles. The molecule has 0 aromatic heterocycles. The molecule has 2 atom stereocenters. The van der Waals surface area contributed by atoms with Gasteiger partial charge in [-0.15, -0.1) is 0 Å². The smallest absolute Gasteiger partial charge is 0.165 e. The van der Waals surface area contributed by atoms with Crippen molar-refractivity contribution in [3.63, 3.8) is 0 Å². The molecule has 1 saturated heterocycles. The summed E-state index contributed by atoms with van der Waals surface area (Å²) in [5, 5.41) is 3.49. The lowest BCUT2D eigenvalue weighted by Crippen LogP contribution is -2.41. The van der Waals surface area contributed by atoms with E-state index in [1.165, 1.54) is 11.6 Å². The molecule has 2 heterocycles. The Balaban J connectivity index is 1.14. The van der Waals surface area contributed by atoms with Gasteiger partial charge in [-0.3, -0.25) is 0 Å². The Morgan fingerprint density at radius 3 is 2.70 bits per heavy atom. The van der Waals surface area contributed by atoms with E-state index >= 15 is 0 Å². The predicted octanol–water partition coefficient (Wildman–Crippen LogP) is 5.18. The minimum atomic E-state index is -0.369. The first-order valence-electron chi connectivity index (χ1n) is 14.1. The van der Waals surface area contributed by atoms with E-state index in [4.69, 9.17) is 23.7 Å². The molecule has 214 valence electrons. The molecule has 40 heavy (non-hydrogen) atoms. The number of benzene rings is 3. The molecule has 3 aromatic rings. The lowest BCUT2D eigenvalue weighted by Gasteiger charge is -2.33. The van der Waals surface area contributed by atoms with E-state index in [1.54, 1.807) is 25.3 Å². The van der Waals surface area contributed by atoms with Crippen LogP contribution in [-0.2, 0) is 16.1 Å². The highest BCUT2D eigenvalue weighted by Gasteiger charge is 2.27. The first-order chi connectivity index (χ1) is 19.7. The molecular formula is C32H39FN2O5. The fourth-order valence-corrected chi connectivity index (χ4v) is 5.31. The van der Waals surface area contributed by atoms with Crippen molar-refractivity contribution in [2.24, 2.45) is 0 Å². The first-order valence-corrected chi connectivity index (χ1v) is 14.1. The Hall–Kier alpha value is -3.33. The minimum Gasteiger partial charge on any atom is -0.490 e. The van der Waals surface area contributed by atoms with Crippen molar-refractivity contribution < 1.29 is 28.1 Å². The fourth-order valence-electron chi connectivity index (χ4n) is 5.31. The van der Waals surface area contributed by atoms with Crippen LogP contribution < -0.4 is 24.4 Å². The van der Waals surface area contributed by atoms with E-state index in [9.17, 15) is 4.39 Å². The molecule has 2 unspecified atom stereocenters. The maximum atomic E-state index is 13.7. The number of hydrogen-bond donors (Lipinski definition) is 1. The van der Waals surface area contributed by atoms with Crippen molar-refractivity contribution in [3.8, 4) is 17.2 Å². The van der Waals surface area contributed by atoms with Gasteiger partial charge in [-0.05, 0) is 66.9 Å². The third-order valence-corrected chi connectivity index (χ3v) is 7.40. The summed E-state index contributed by atoms with van der Waals surface area (Å²) in [7, 11) is 1.74. The normalized spacial score (nSPS) is 18.6. The Morgan fingerprint density at radius 1 is 1.00 bits per heavy atom. The number of ether oxygens (including phenoxy) is 5. The zero-order valence-electron chi connectivity index (χ0n) is 23.2. The number of piperidine rings is 1. The molecule has 2 aliphatic rings. The summed E-state index contributed by atoms with van der Waals surface area (Å²) < 4.78 is 42.6. The summed E-state index contributed by atoms with van der Waals surface area (Å²) in [6.07, 6.45) is 2.06. The van der Waals surface area contributed by atoms with E-state index in [1.807, 2.05) is 12.1 Å². The third kappa shape index (κ3) is 7.44. The topological polar surface area (TPSA) is 61.4 Å². The predicted molar refractivity (Wildman–Crippen MR) is 153 cm³/mol. The van der Waals surface area contributed by atoms with Gasteiger partial charge in [-0.2, -0.15) is 0 Å². The highest BCUT2D eigenvalue weighted by Crippen LogP contribution is 2.34. The molecule has 0 spiro atoms. The van der Waals surface area contributed by atoms with Crippen LogP contribution in [0.3, 0.4) is 0 Å². The van der Waals surface area contributed by atoms with Crippen molar-refractivity contribution in [1.82, 2.24) is 5.32 Å².